The van der Waals surface area contributed by atoms with Crippen LogP contribution in [-0.4, -0.2) is 45.1 Å². The van der Waals surface area contributed by atoms with E-state index in [0.717, 1.165) is 16.1 Å². The molecule has 1 amide bonds. The van der Waals surface area contributed by atoms with Gasteiger partial charge in [0.2, 0.25) is 10.0 Å². The van der Waals surface area contributed by atoms with Gasteiger partial charge >= 0.3 is 0 Å². The first-order chi connectivity index (χ1) is 23.0. The molecule has 2 aromatic carbocycles. The summed E-state index contributed by atoms with van der Waals surface area (Å²) in [7, 11) is -3.54. The van der Waals surface area contributed by atoms with E-state index in [1.165, 1.54) is 36.0 Å². The number of pyridine rings is 2. The van der Waals surface area contributed by atoms with Crippen LogP contribution in [0.1, 0.15) is 44.6 Å². The number of rotatable bonds is 7. The first kappa shape index (κ1) is 32.0. The number of carbonyl (C=O) groups excluding carboxylic acids is 1. The molecule has 0 spiro atoms. The summed E-state index contributed by atoms with van der Waals surface area (Å²) in [6.45, 7) is 3.66. The maximum Gasteiger partial charge on any atom is 0.274 e. The van der Waals surface area contributed by atoms with Crippen molar-refractivity contribution in [2.24, 2.45) is 0 Å². The lowest BCUT2D eigenvalue weighted by Gasteiger charge is -2.21. The highest BCUT2D eigenvalue weighted by molar-refractivity contribution is 7.92. The number of nitrogens with two attached hydrogens (primary N) is 1. The second-order valence-electron chi connectivity index (χ2n) is 10.8. The van der Waals surface area contributed by atoms with E-state index in [1.54, 1.807) is 17.7 Å². The van der Waals surface area contributed by atoms with Crippen LogP contribution in [0, 0.1) is 18.8 Å². The molecule has 0 aliphatic heterocycles. The smallest absolute Gasteiger partial charge is 0.274 e. The molecule has 14 heteroatoms. The van der Waals surface area contributed by atoms with E-state index in [1.807, 2.05) is 61.5 Å². The number of nitrogens with zero attached hydrogens (tertiary/aromatic N) is 5. The maximum atomic E-state index is 14.3. The van der Waals surface area contributed by atoms with Gasteiger partial charge in [0.05, 0.1) is 57.5 Å². The van der Waals surface area contributed by atoms with E-state index < -0.39 is 22.0 Å². The molecule has 0 fully saturated rings. The lowest BCUT2D eigenvalue weighted by Crippen LogP contribution is -2.33. The molecular formula is C34H28N8O4S2. The highest BCUT2D eigenvalue weighted by atomic mass is 32.2. The predicted molar refractivity (Wildman–Crippen MR) is 186 cm³/mol. The van der Waals surface area contributed by atoms with Crippen LogP contribution in [0.4, 0.5) is 11.5 Å². The SMILES string of the molecule is Cc1ncc(C#Cc2cccc3cc([C@@H](C)NC(=O)c4nc(-c5cncc(NS(C)(=O)=O)c5)cnc4N)n(-c4ccccc4)c(=O)c23)s1. The molecule has 0 aliphatic rings. The number of para-hydroxylation sites is 1. The minimum Gasteiger partial charge on any atom is -0.382 e. The van der Waals surface area contributed by atoms with Gasteiger partial charge in [-0.2, -0.15) is 0 Å². The Labute approximate surface area is 279 Å². The van der Waals surface area contributed by atoms with Crippen LogP contribution in [0.5, 0.6) is 0 Å². The van der Waals surface area contributed by atoms with Crippen LogP contribution in [0.15, 0.2) is 90.2 Å². The van der Waals surface area contributed by atoms with Gasteiger partial charge in [0.25, 0.3) is 11.5 Å². The van der Waals surface area contributed by atoms with Gasteiger partial charge in [-0.05, 0) is 55.5 Å². The molecule has 0 aliphatic carbocycles. The number of aryl methyl sites for hydroxylation is 1. The monoisotopic (exact) mass is 676 g/mol. The van der Waals surface area contributed by atoms with E-state index in [4.69, 9.17) is 5.73 Å². The largest absolute Gasteiger partial charge is 0.382 e. The van der Waals surface area contributed by atoms with Crippen molar-refractivity contribution in [3.8, 4) is 28.8 Å². The van der Waals surface area contributed by atoms with Gasteiger partial charge in [0.15, 0.2) is 11.5 Å². The average molecular weight is 677 g/mol. The summed E-state index contributed by atoms with van der Waals surface area (Å²) in [4.78, 5) is 45.6. The van der Waals surface area contributed by atoms with Gasteiger partial charge in [-0.25, -0.2) is 23.4 Å². The zero-order chi connectivity index (χ0) is 34.0. The molecule has 0 saturated carbocycles. The standard InChI is InChI=1S/C34H28N8O4S2/c1-20(39-33(43)31-32(35)38-19-28(40-31)24-14-25(17-36-16-24)41-48(3,45)46)29-15-23-9-7-8-22(12-13-27-18-37-21(2)47-27)30(23)34(44)42(29)26-10-5-4-6-11-26/h4-11,14-20,41H,1-3H3,(H2,35,38)(H,39,43)/t20-/m1/s1. The summed E-state index contributed by atoms with van der Waals surface area (Å²) in [6, 6.07) is 17.3. The number of sulfonamides is 1. The zero-order valence-corrected chi connectivity index (χ0v) is 27.6. The predicted octanol–water partition coefficient (Wildman–Crippen LogP) is 4.45. The van der Waals surface area contributed by atoms with Crippen LogP contribution in [0.25, 0.3) is 27.7 Å². The quantitative estimate of drug-likeness (QED) is 0.206. The average Bonchev–Trinajstić information content (AvgIpc) is 3.48. The number of anilines is 2. The fourth-order valence-electron chi connectivity index (χ4n) is 5.09. The van der Waals surface area contributed by atoms with Crippen molar-refractivity contribution in [2.75, 3.05) is 16.7 Å². The third-order valence-corrected chi connectivity index (χ3v) is 8.61. The highest BCUT2D eigenvalue weighted by Gasteiger charge is 2.22. The Morgan fingerprint density at radius 3 is 2.52 bits per heavy atom. The van der Waals surface area contributed by atoms with E-state index in [-0.39, 0.29) is 28.5 Å². The molecule has 4 N–H and O–H groups in total. The Kier molecular flexibility index (Phi) is 8.72. The molecule has 12 nitrogen and oxygen atoms in total. The molecule has 0 bridgehead atoms. The Bertz CT molecular complexity index is 2430. The topological polar surface area (TPSA) is 175 Å². The molecule has 6 rings (SSSR count). The molecule has 1 atom stereocenters. The number of carbonyl (C=O) groups is 1. The minimum atomic E-state index is -3.54. The number of nitrogen functional groups attached to an aromatic ring is 1. The summed E-state index contributed by atoms with van der Waals surface area (Å²) in [5.74, 6) is 5.53. The Morgan fingerprint density at radius 1 is 1.00 bits per heavy atom. The summed E-state index contributed by atoms with van der Waals surface area (Å²) in [5.41, 5.74) is 8.23. The lowest BCUT2D eigenvalue weighted by molar-refractivity contribution is 0.0934. The zero-order valence-electron chi connectivity index (χ0n) is 25.9. The van der Waals surface area contributed by atoms with Crippen molar-refractivity contribution in [1.82, 2.24) is 29.8 Å². The van der Waals surface area contributed by atoms with Crippen molar-refractivity contribution < 1.29 is 13.2 Å². The normalized spacial score (nSPS) is 11.8. The second-order valence-corrected chi connectivity index (χ2v) is 13.8. The van der Waals surface area contributed by atoms with Crippen LogP contribution in [0.2, 0.25) is 0 Å². The van der Waals surface area contributed by atoms with E-state index >= 15 is 0 Å². The fourth-order valence-corrected chi connectivity index (χ4v) is 6.26. The lowest BCUT2D eigenvalue weighted by atomic mass is 10.0. The molecule has 4 aromatic heterocycles. The van der Waals surface area contributed by atoms with Crippen LogP contribution in [-0.2, 0) is 10.0 Å². The molecule has 0 radical (unpaired) electrons. The van der Waals surface area contributed by atoms with Crippen molar-refractivity contribution >= 4 is 49.5 Å². The number of aromatic nitrogens is 5. The number of hydrogen-bond donors (Lipinski definition) is 3. The second kappa shape index (κ2) is 13.1. The Balaban J connectivity index is 1.38. The fraction of sp³-hybridized carbons (Fsp3) is 0.118. The minimum absolute atomic E-state index is 0.111. The molecule has 48 heavy (non-hydrogen) atoms. The van der Waals surface area contributed by atoms with Gasteiger partial charge in [-0.15, -0.1) is 11.3 Å². The third kappa shape index (κ3) is 6.92. The third-order valence-electron chi connectivity index (χ3n) is 7.18. The number of nitrogens with one attached hydrogen (secondary N) is 2. The van der Waals surface area contributed by atoms with Crippen molar-refractivity contribution in [1.29, 1.82) is 0 Å². The number of benzene rings is 2. The van der Waals surface area contributed by atoms with Gasteiger partial charge in [-0.1, -0.05) is 36.3 Å². The van der Waals surface area contributed by atoms with Crippen molar-refractivity contribution in [3.63, 3.8) is 0 Å². The molecule has 0 saturated heterocycles. The molecule has 4 heterocycles. The van der Waals surface area contributed by atoms with Gasteiger partial charge < -0.3 is 11.1 Å². The summed E-state index contributed by atoms with van der Waals surface area (Å²) in [6.07, 6.45) is 6.90. The van der Waals surface area contributed by atoms with Gasteiger partial charge in [0, 0.05) is 28.7 Å². The maximum absolute atomic E-state index is 14.3. The van der Waals surface area contributed by atoms with Gasteiger partial charge in [0.1, 0.15) is 0 Å². The number of amides is 1. The van der Waals surface area contributed by atoms with Crippen molar-refractivity contribution in [2.45, 2.75) is 19.9 Å². The summed E-state index contributed by atoms with van der Waals surface area (Å²) >= 11 is 1.48. The highest BCUT2D eigenvalue weighted by Crippen LogP contribution is 2.25. The number of fused-ring (bicyclic) bond motifs is 1. The summed E-state index contributed by atoms with van der Waals surface area (Å²) in [5, 5.41) is 4.92. The van der Waals surface area contributed by atoms with Crippen LogP contribution >= 0.6 is 11.3 Å². The first-order valence-corrected chi connectivity index (χ1v) is 17.2. The van der Waals surface area contributed by atoms with E-state index in [9.17, 15) is 18.0 Å². The van der Waals surface area contributed by atoms with Gasteiger partial charge in [-0.3, -0.25) is 23.9 Å². The molecule has 240 valence electrons. The molecule has 6 aromatic rings. The van der Waals surface area contributed by atoms with Crippen molar-refractivity contribution in [3.05, 3.63) is 123 Å². The van der Waals surface area contributed by atoms with E-state index in [0.29, 0.717) is 33.3 Å². The number of thiazole rings is 1. The molecule has 0 unspecified atom stereocenters. The Hall–Kier alpha value is -5.91. The van der Waals surface area contributed by atoms with Crippen LogP contribution < -0.4 is 21.3 Å². The Morgan fingerprint density at radius 2 is 1.79 bits per heavy atom. The molecular weight excluding hydrogens is 649 g/mol. The van der Waals surface area contributed by atoms with E-state index in [2.05, 4.69) is 41.8 Å². The summed E-state index contributed by atoms with van der Waals surface area (Å²) < 4.78 is 27.3. The first-order valence-electron chi connectivity index (χ1n) is 14.5. The number of hydrogen-bond acceptors (Lipinski definition) is 10. The van der Waals surface area contributed by atoms with Crippen LogP contribution in [0.3, 0.4) is 0 Å².